The zero-order chi connectivity index (χ0) is 17.3. The Kier molecular flexibility index (Phi) is 4.93. The maximum atomic E-state index is 12.6. The second kappa shape index (κ2) is 6.96. The molecule has 0 saturated carbocycles. The number of likely N-dealkylation sites (tertiary alicyclic amines) is 1. The number of thiazole rings is 1. The van der Waals surface area contributed by atoms with Gasteiger partial charge in [-0.1, -0.05) is 6.92 Å². The molecule has 2 atom stereocenters. The largest absolute Gasteiger partial charge is 0.424 e. The van der Waals surface area contributed by atoms with Crippen LogP contribution in [-0.4, -0.2) is 67.8 Å². The van der Waals surface area contributed by atoms with Crippen molar-refractivity contribution in [2.45, 2.75) is 39.5 Å². The second-order valence-electron chi connectivity index (χ2n) is 5.89. The van der Waals surface area contributed by atoms with E-state index in [2.05, 4.69) is 20.1 Å². The number of aliphatic hydroxyl groups is 1. The summed E-state index contributed by atoms with van der Waals surface area (Å²) in [5.74, 6) is 0.969. The Morgan fingerprint density at radius 3 is 2.83 bits per heavy atom. The SMILES string of the molecule is CCN(Cc1nnc(C)o1)[C@H]1CN(C(=O)c2scnc2C)C[C@H]1O. The molecule has 0 unspecified atom stereocenters. The molecule has 3 rings (SSSR count). The number of amides is 1. The molecular weight excluding hydrogens is 330 g/mol. The van der Waals surface area contributed by atoms with Gasteiger partial charge in [-0.05, 0) is 13.5 Å². The van der Waals surface area contributed by atoms with Gasteiger partial charge in [0.25, 0.3) is 5.91 Å². The highest BCUT2D eigenvalue weighted by atomic mass is 32.1. The summed E-state index contributed by atoms with van der Waals surface area (Å²) in [6.07, 6.45) is -0.605. The average molecular weight is 351 g/mol. The normalized spacial score (nSPS) is 21.0. The monoisotopic (exact) mass is 351 g/mol. The van der Waals surface area contributed by atoms with Crippen LogP contribution < -0.4 is 0 Å². The third kappa shape index (κ3) is 3.33. The fraction of sp³-hybridized carbons (Fsp3) is 0.600. The third-order valence-corrected chi connectivity index (χ3v) is 5.18. The van der Waals surface area contributed by atoms with Gasteiger partial charge >= 0.3 is 0 Å². The molecule has 0 aliphatic carbocycles. The molecule has 3 heterocycles. The number of hydrogen-bond donors (Lipinski definition) is 1. The van der Waals surface area contributed by atoms with Crippen LogP contribution in [0.1, 0.15) is 34.1 Å². The minimum absolute atomic E-state index is 0.0683. The van der Waals surface area contributed by atoms with Crippen LogP contribution in [0, 0.1) is 13.8 Å². The highest BCUT2D eigenvalue weighted by molar-refractivity contribution is 7.11. The van der Waals surface area contributed by atoms with Gasteiger partial charge in [0, 0.05) is 20.0 Å². The van der Waals surface area contributed by atoms with Gasteiger partial charge in [-0.15, -0.1) is 21.5 Å². The number of likely N-dealkylation sites (N-methyl/N-ethyl adjacent to an activating group) is 1. The molecule has 0 radical (unpaired) electrons. The number of rotatable bonds is 5. The van der Waals surface area contributed by atoms with Crippen LogP contribution in [0.25, 0.3) is 0 Å². The predicted molar refractivity (Wildman–Crippen MR) is 87.7 cm³/mol. The van der Waals surface area contributed by atoms with Crippen LogP contribution in [0.15, 0.2) is 9.93 Å². The molecule has 1 amide bonds. The van der Waals surface area contributed by atoms with Crippen molar-refractivity contribution in [1.29, 1.82) is 0 Å². The molecule has 1 aliphatic rings. The van der Waals surface area contributed by atoms with Crippen molar-refractivity contribution >= 4 is 17.2 Å². The van der Waals surface area contributed by atoms with E-state index in [4.69, 9.17) is 4.42 Å². The molecule has 1 aliphatic heterocycles. The van der Waals surface area contributed by atoms with Crippen molar-refractivity contribution in [3.63, 3.8) is 0 Å². The summed E-state index contributed by atoms with van der Waals surface area (Å²) in [6, 6.07) is -0.153. The average Bonchev–Trinajstić information content (AvgIpc) is 3.25. The fourth-order valence-electron chi connectivity index (χ4n) is 2.98. The van der Waals surface area contributed by atoms with Crippen molar-refractivity contribution in [1.82, 2.24) is 25.0 Å². The lowest BCUT2D eigenvalue weighted by Gasteiger charge is -2.27. The van der Waals surface area contributed by atoms with Gasteiger partial charge < -0.3 is 14.4 Å². The number of β-amino-alcohol motifs (C(OH)–C–C–N with tert-alkyl or cyclic N) is 1. The Hall–Kier alpha value is -1.84. The lowest BCUT2D eigenvalue weighted by atomic mass is 10.2. The molecular formula is C15H21N5O3S. The van der Waals surface area contributed by atoms with Crippen LogP contribution in [0.4, 0.5) is 0 Å². The molecule has 9 heteroatoms. The maximum Gasteiger partial charge on any atom is 0.265 e. The summed E-state index contributed by atoms with van der Waals surface area (Å²) >= 11 is 1.34. The highest BCUT2D eigenvalue weighted by Crippen LogP contribution is 2.23. The first-order chi connectivity index (χ1) is 11.5. The van der Waals surface area contributed by atoms with E-state index in [0.29, 0.717) is 42.8 Å². The summed E-state index contributed by atoms with van der Waals surface area (Å²) < 4.78 is 5.43. The Bertz CT molecular complexity index is 716. The minimum atomic E-state index is -0.605. The summed E-state index contributed by atoms with van der Waals surface area (Å²) in [4.78, 5) is 21.1. The number of nitrogens with zero attached hydrogens (tertiary/aromatic N) is 5. The Balaban J connectivity index is 1.70. The van der Waals surface area contributed by atoms with Gasteiger partial charge in [0.15, 0.2) is 0 Å². The molecule has 24 heavy (non-hydrogen) atoms. The number of aromatic nitrogens is 3. The lowest BCUT2D eigenvalue weighted by Crippen LogP contribution is -2.43. The first-order valence-electron chi connectivity index (χ1n) is 7.90. The van der Waals surface area contributed by atoms with Crippen molar-refractivity contribution < 1.29 is 14.3 Å². The zero-order valence-corrected chi connectivity index (χ0v) is 14.8. The van der Waals surface area contributed by atoms with Gasteiger partial charge in [0.2, 0.25) is 11.8 Å². The van der Waals surface area contributed by atoms with Crippen LogP contribution in [-0.2, 0) is 6.54 Å². The van der Waals surface area contributed by atoms with Crippen molar-refractivity contribution in [2.75, 3.05) is 19.6 Å². The number of aryl methyl sites for hydroxylation is 2. The molecule has 1 saturated heterocycles. The van der Waals surface area contributed by atoms with Crippen LogP contribution in [0.3, 0.4) is 0 Å². The van der Waals surface area contributed by atoms with Gasteiger partial charge in [0.1, 0.15) is 4.88 Å². The summed E-state index contributed by atoms with van der Waals surface area (Å²) in [5, 5.41) is 18.3. The summed E-state index contributed by atoms with van der Waals surface area (Å²) in [6.45, 7) is 7.54. The highest BCUT2D eigenvalue weighted by Gasteiger charge is 2.38. The van der Waals surface area contributed by atoms with E-state index in [-0.39, 0.29) is 11.9 Å². The molecule has 0 spiro atoms. The van der Waals surface area contributed by atoms with Gasteiger partial charge in [0.05, 0.1) is 29.9 Å². The standard InChI is InChI=1S/C15H21N5O3S/c1-4-19(7-13-18-17-10(3)23-13)11-5-20(6-12(11)21)15(22)14-9(2)16-8-24-14/h8,11-12,21H,4-7H2,1-3H3/t11-,12+/m0/s1. The molecule has 2 aromatic rings. The van der Waals surface area contributed by atoms with E-state index in [1.807, 2.05) is 13.8 Å². The van der Waals surface area contributed by atoms with Gasteiger partial charge in [-0.2, -0.15) is 0 Å². The van der Waals surface area contributed by atoms with Gasteiger partial charge in [-0.3, -0.25) is 9.69 Å². The van der Waals surface area contributed by atoms with E-state index in [1.165, 1.54) is 11.3 Å². The fourth-order valence-corrected chi connectivity index (χ4v) is 3.75. The van der Waals surface area contributed by atoms with Gasteiger partial charge in [-0.25, -0.2) is 4.98 Å². The molecule has 1 fully saturated rings. The quantitative estimate of drug-likeness (QED) is 0.853. The van der Waals surface area contributed by atoms with E-state index in [0.717, 1.165) is 5.69 Å². The van der Waals surface area contributed by atoms with E-state index in [9.17, 15) is 9.90 Å². The zero-order valence-electron chi connectivity index (χ0n) is 14.0. The lowest BCUT2D eigenvalue weighted by molar-refractivity contribution is 0.0745. The summed E-state index contributed by atoms with van der Waals surface area (Å²) in [7, 11) is 0. The molecule has 1 N–H and O–H groups in total. The van der Waals surface area contributed by atoms with Crippen molar-refractivity contribution in [3.8, 4) is 0 Å². The minimum Gasteiger partial charge on any atom is -0.424 e. The summed E-state index contributed by atoms with van der Waals surface area (Å²) in [5.41, 5.74) is 2.40. The van der Waals surface area contributed by atoms with E-state index >= 15 is 0 Å². The molecule has 0 aromatic carbocycles. The molecule has 2 aromatic heterocycles. The first kappa shape index (κ1) is 17.0. The Morgan fingerprint density at radius 1 is 1.46 bits per heavy atom. The molecule has 0 bridgehead atoms. The van der Waals surface area contributed by atoms with Crippen molar-refractivity contribution in [3.05, 3.63) is 27.9 Å². The first-order valence-corrected chi connectivity index (χ1v) is 8.78. The predicted octanol–water partition coefficient (Wildman–Crippen LogP) is 0.850. The van der Waals surface area contributed by atoms with Crippen LogP contribution in [0.5, 0.6) is 0 Å². The number of carbonyl (C=O) groups is 1. The Morgan fingerprint density at radius 2 is 2.25 bits per heavy atom. The maximum absolute atomic E-state index is 12.6. The second-order valence-corrected chi connectivity index (χ2v) is 6.74. The number of hydrogen-bond acceptors (Lipinski definition) is 8. The smallest absolute Gasteiger partial charge is 0.265 e. The Labute approximate surface area is 144 Å². The van der Waals surface area contributed by atoms with E-state index in [1.54, 1.807) is 17.3 Å². The van der Waals surface area contributed by atoms with Crippen LogP contribution in [0.2, 0.25) is 0 Å². The number of aliphatic hydroxyl groups excluding tert-OH is 1. The van der Waals surface area contributed by atoms with Crippen molar-refractivity contribution in [2.24, 2.45) is 0 Å². The van der Waals surface area contributed by atoms with Crippen LogP contribution >= 0.6 is 11.3 Å². The molecule has 130 valence electrons. The third-order valence-electron chi connectivity index (χ3n) is 4.27. The number of carbonyl (C=O) groups excluding carboxylic acids is 1. The topological polar surface area (TPSA) is 95.6 Å². The molecule has 8 nitrogen and oxygen atoms in total. The van der Waals surface area contributed by atoms with E-state index < -0.39 is 6.10 Å².